The van der Waals surface area contributed by atoms with E-state index in [-0.39, 0.29) is 5.91 Å². The van der Waals surface area contributed by atoms with Gasteiger partial charge in [0, 0.05) is 16.5 Å². The van der Waals surface area contributed by atoms with Crippen molar-refractivity contribution in [3.8, 4) is 11.3 Å². The molecule has 0 N–H and O–H groups in total. The Bertz CT molecular complexity index is 855. The van der Waals surface area contributed by atoms with E-state index in [1.54, 1.807) is 0 Å². The van der Waals surface area contributed by atoms with E-state index < -0.39 is 0 Å². The molecule has 0 amide bonds. The Morgan fingerprint density at radius 3 is 2.55 bits per heavy atom. The number of hydrogen-bond donors (Lipinski definition) is 0. The highest BCUT2D eigenvalue weighted by Crippen LogP contribution is 2.38. The van der Waals surface area contributed by atoms with Gasteiger partial charge >= 0.3 is 0 Å². The number of para-hydroxylation sites is 1. The number of aromatic nitrogens is 1. The first-order valence-electron chi connectivity index (χ1n) is 6.96. The first-order chi connectivity index (χ1) is 9.66. The molecule has 98 valence electrons. The first-order valence-corrected chi connectivity index (χ1v) is 6.96. The van der Waals surface area contributed by atoms with Crippen molar-refractivity contribution in [2.75, 3.05) is 0 Å². The predicted octanol–water partition coefficient (Wildman–Crippen LogP) is 4.43. The maximum Gasteiger partial charge on any atom is 0.263 e. The fourth-order valence-electron chi connectivity index (χ4n) is 3.01. The maximum absolute atomic E-state index is 12.7. The highest BCUT2D eigenvalue weighted by molar-refractivity contribution is 6.14. The Labute approximate surface area is 117 Å². The molecule has 1 aliphatic heterocycles. The summed E-state index contributed by atoms with van der Waals surface area (Å²) in [6.07, 6.45) is 0. The molecule has 1 aliphatic rings. The minimum absolute atomic E-state index is 0.0960. The van der Waals surface area contributed by atoms with Crippen LogP contribution in [0.15, 0.2) is 48.5 Å². The molecule has 0 unspecified atom stereocenters. The Morgan fingerprint density at radius 2 is 1.75 bits per heavy atom. The lowest BCUT2D eigenvalue weighted by Gasteiger charge is -2.06. The van der Waals surface area contributed by atoms with E-state index in [2.05, 4.69) is 38.1 Å². The van der Waals surface area contributed by atoms with Crippen LogP contribution < -0.4 is 0 Å². The minimum Gasteiger partial charge on any atom is -0.276 e. The number of fused-ring (bicyclic) bond motifs is 5. The molecule has 1 aromatic heterocycles. The summed E-state index contributed by atoms with van der Waals surface area (Å²) in [5.74, 6) is 0.531. The van der Waals surface area contributed by atoms with Crippen molar-refractivity contribution in [3.05, 3.63) is 59.7 Å². The van der Waals surface area contributed by atoms with E-state index in [4.69, 9.17) is 0 Å². The smallest absolute Gasteiger partial charge is 0.263 e. The quantitative estimate of drug-likeness (QED) is 0.496. The SMILES string of the molecule is CC(C)c1ccc2c(c1)C(=O)n1c-2cc2ccccc21. The van der Waals surface area contributed by atoms with Crippen LogP contribution in [-0.4, -0.2) is 10.5 Å². The van der Waals surface area contributed by atoms with E-state index in [0.717, 1.165) is 27.7 Å². The molecule has 4 rings (SSSR count). The summed E-state index contributed by atoms with van der Waals surface area (Å²) in [5.41, 5.74) is 5.11. The topological polar surface area (TPSA) is 22.0 Å². The molecular formula is C18H15NO. The van der Waals surface area contributed by atoms with Crippen LogP contribution in [0.1, 0.15) is 35.7 Å². The van der Waals surface area contributed by atoms with Crippen LogP contribution in [-0.2, 0) is 0 Å². The van der Waals surface area contributed by atoms with E-state index >= 15 is 0 Å². The molecule has 20 heavy (non-hydrogen) atoms. The molecular weight excluding hydrogens is 246 g/mol. The van der Waals surface area contributed by atoms with Crippen LogP contribution >= 0.6 is 0 Å². The number of carbonyl (C=O) groups is 1. The molecule has 0 saturated carbocycles. The summed E-state index contributed by atoms with van der Waals surface area (Å²) in [6.45, 7) is 4.30. The molecule has 2 heterocycles. The Kier molecular flexibility index (Phi) is 2.19. The Balaban J connectivity index is 2.02. The van der Waals surface area contributed by atoms with Crippen molar-refractivity contribution < 1.29 is 4.79 Å². The van der Waals surface area contributed by atoms with Crippen molar-refractivity contribution in [2.24, 2.45) is 0 Å². The lowest BCUT2D eigenvalue weighted by molar-refractivity contribution is 0.0973. The van der Waals surface area contributed by atoms with Gasteiger partial charge < -0.3 is 0 Å². The van der Waals surface area contributed by atoms with E-state index in [1.807, 2.05) is 28.8 Å². The standard InChI is InChI=1S/C18H15NO/c1-11(2)12-7-8-14-15(9-12)18(20)19-16-6-4-3-5-13(16)10-17(14)19/h3-11H,1-2H3. The average molecular weight is 261 g/mol. The first kappa shape index (κ1) is 11.5. The van der Waals surface area contributed by atoms with Crippen LogP contribution in [0.5, 0.6) is 0 Å². The van der Waals surface area contributed by atoms with Gasteiger partial charge in [-0.1, -0.05) is 44.2 Å². The molecule has 0 saturated heterocycles. The highest BCUT2D eigenvalue weighted by Gasteiger charge is 2.28. The normalized spacial score (nSPS) is 13.1. The fraction of sp³-hybridized carbons (Fsp3) is 0.167. The van der Waals surface area contributed by atoms with Crippen molar-refractivity contribution in [1.29, 1.82) is 0 Å². The third-order valence-corrected chi connectivity index (χ3v) is 4.13. The van der Waals surface area contributed by atoms with Crippen LogP contribution in [0.2, 0.25) is 0 Å². The summed E-state index contributed by atoms with van der Waals surface area (Å²) in [4.78, 5) is 12.7. The molecule has 0 radical (unpaired) electrons. The number of rotatable bonds is 1. The summed E-state index contributed by atoms with van der Waals surface area (Å²) < 4.78 is 1.84. The molecule has 0 fully saturated rings. The zero-order chi connectivity index (χ0) is 13.9. The number of nitrogens with zero attached hydrogens (tertiary/aromatic N) is 1. The number of carbonyl (C=O) groups excluding carboxylic acids is 1. The molecule has 0 spiro atoms. The van der Waals surface area contributed by atoms with Gasteiger partial charge in [-0.2, -0.15) is 0 Å². The van der Waals surface area contributed by atoms with E-state index in [9.17, 15) is 4.79 Å². The second-order valence-electron chi connectivity index (χ2n) is 5.69. The average Bonchev–Trinajstić information content (AvgIpc) is 2.95. The lowest BCUT2D eigenvalue weighted by Crippen LogP contribution is -2.06. The van der Waals surface area contributed by atoms with E-state index in [0.29, 0.717) is 5.92 Å². The zero-order valence-corrected chi connectivity index (χ0v) is 11.6. The maximum atomic E-state index is 12.7. The van der Waals surface area contributed by atoms with Gasteiger partial charge in [0.25, 0.3) is 5.91 Å². The minimum atomic E-state index is 0.0960. The van der Waals surface area contributed by atoms with Gasteiger partial charge in [-0.3, -0.25) is 9.36 Å². The molecule has 3 aromatic rings. The number of benzene rings is 2. The van der Waals surface area contributed by atoms with Gasteiger partial charge in [0.2, 0.25) is 0 Å². The van der Waals surface area contributed by atoms with Gasteiger partial charge in [-0.05, 0) is 29.7 Å². The fourth-order valence-corrected chi connectivity index (χ4v) is 3.01. The summed E-state index contributed by atoms with van der Waals surface area (Å²) >= 11 is 0. The van der Waals surface area contributed by atoms with Gasteiger partial charge in [-0.25, -0.2) is 0 Å². The highest BCUT2D eigenvalue weighted by atomic mass is 16.2. The van der Waals surface area contributed by atoms with Crippen molar-refractivity contribution in [3.63, 3.8) is 0 Å². The summed E-state index contributed by atoms with van der Waals surface area (Å²) in [6, 6.07) is 16.4. The Hall–Kier alpha value is -2.35. The van der Waals surface area contributed by atoms with Crippen molar-refractivity contribution in [1.82, 2.24) is 4.57 Å². The second kappa shape index (κ2) is 3.83. The Morgan fingerprint density at radius 1 is 0.950 bits per heavy atom. The van der Waals surface area contributed by atoms with Crippen LogP contribution in [0.25, 0.3) is 22.2 Å². The summed E-state index contributed by atoms with van der Waals surface area (Å²) in [7, 11) is 0. The van der Waals surface area contributed by atoms with Crippen LogP contribution in [0, 0.1) is 0 Å². The van der Waals surface area contributed by atoms with Crippen LogP contribution in [0.3, 0.4) is 0 Å². The molecule has 0 bridgehead atoms. The van der Waals surface area contributed by atoms with Gasteiger partial charge in [-0.15, -0.1) is 0 Å². The van der Waals surface area contributed by atoms with Crippen molar-refractivity contribution in [2.45, 2.75) is 19.8 Å². The van der Waals surface area contributed by atoms with Crippen molar-refractivity contribution >= 4 is 16.8 Å². The second-order valence-corrected chi connectivity index (χ2v) is 5.69. The van der Waals surface area contributed by atoms with E-state index in [1.165, 1.54) is 5.56 Å². The monoisotopic (exact) mass is 261 g/mol. The van der Waals surface area contributed by atoms with Gasteiger partial charge in [0.1, 0.15) is 0 Å². The van der Waals surface area contributed by atoms with Gasteiger partial charge in [0.05, 0.1) is 11.2 Å². The number of hydrogen-bond acceptors (Lipinski definition) is 1. The van der Waals surface area contributed by atoms with Gasteiger partial charge in [0.15, 0.2) is 0 Å². The molecule has 2 heteroatoms. The third kappa shape index (κ3) is 1.36. The summed E-state index contributed by atoms with van der Waals surface area (Å²) in [5, 5.41) is 1.12. The molecule has 2 aromatic carbocycles. The molecule has 2 nitrogen and oxygen atoms in total. The van der Waals surface area contributed by atoms with Crippen LogP contribution in [0.4, 0.5) is 0 Å². The molecule has 0 aliphatic carbocycles. The largest absolute Gasteiger partial charge is 0.276 e. The lowest BCUT2D eigenvalue weighted by atomic mass is 9.97. The predicted molar refractivity (Wildman–Crippen MR) is 81.2 cm³/mol. The molecule has 0 atom stereocenters. The zero-order valence-electron chi connectivity index (χ0n) is 11.6. The third-order valence-electron chi connectivity index (χ3n) is 4.13.